The highest BCUT2D eigenvalue weighted by Crippen LogP contribution is 2.49. The topological polar surface area (TPSA) is 319 Å². The van der Waals surface area contributed by atoms with E-state index < -0.39 is 67.9 Å². The van der Waals surface area contributed by atoms with Crippen LogP contribution in [0.5, 0.6) is 0 Å². The summed E-state index contributed by atoms with van der Waals surface area (Å²) in [5, 5.41) is 19.7. The maximum absolute atomic E-state index is 11.0. The van der Waals surface area contributed by atoms with Crippen molar-refractivity contribution in [3.05, 3.63) is 0 Å². The molecule has 0 amide bonds. The van der Waals surface area contributed by atoms with E-state index in [0.717, 1.165) is 0 Å². The molecule has 10 unspecified atom stereocenters. The lowest BCUT2D eigenvalue weighted by Crippen LogP contribution is -2.66. The predicted molar refractivity (Wildman–Crippen MR) is 70.8 cm³/mol. The molecule has 28 heavy (non-hydrogen) atoms. The largest absolute Gasteiger partial charge is 0.756 e. The van der Waals surface area contributed by atoms with Crippen LogP contribution in [0.25, 0.3) is 0 Å². The first-order valence-corrected chi connectivity index (χ1v) is 12.4. The molecule has 1 saturated carbocycles. The standard InChI is InChI=1S/C6H16O18P4/c7-1-2(8)4(22-26(12,13)14)6(24-28(18,19)20)5(23-27(15,16)17)3(1)21-25(9,10)11/h1-8H,(H2,9,10,11)(H2,12,13,14)(H2,15,16,17)(H2,18,19,20)/p-4. The first-order valence-electron chi connectivity index (χ1n) is 6.45. The van der Waals surface area contributed by atoms with E-state index in [1.807, 2.05) is 0 Å². The number of rotatable bonds is 8. The molecule has 0 aliphatic heterocycles. The van der Waals surface area contributed by atoms with Crippen LogP contribution in [-0.4, -0.2) is 66.4 Å². The summed E-state index contributed by atoms with van der Waals surface area (Å²) in [6.07, 6.45) is -16.7. The second-order valence-electron chi connectivity index (χ2n) is 5.14. The third-order valence-corrected chi connectivity index (χ3v) is 5.05. The molecule has 0 aromatic heterocycles. The summed E-state index contributed by atoms with van der Waals surface area (Å²) in [6, 6.07) is 0. The van der Waals surface area contributed by atoms with Gasteiger partial charge in [-0.15, -0.1) is 0 Å². The lowest BCUT2D eigenvalue weighted by Gasteiger charge is -2.49. The molecule has 0 heterocycles. The predicted octanol–water partition coefficient (Wildman–Crippen LogP) is -5.89. The van der Waals surface area contributed by atoms with E-state index in [1.165, 1.54) is 0 Å². The van der Waals surface area contributed by atoms with Crippen molar-refractivity contribution in [2.75, 3.05) is 0 Å². The van der Waals surface area contributed by atoms with Gasteiger partial charge in [-0.05, 0) is 0 Å². The minimum absolute atomic E-state index is 2.72. The summed E-state index contributed by atoms with van der Waals surface area (Å²) >= 11 is 0. The van der Waals surface area contributed by atoms with E-state index >= 15 is 0 Å². The van der Waals surface area contributed by atoms with Gasteiger partial charge in [-0.1, -0.05) is 0 Å². The molecule has 168 valence electrons. The van der Waals surface area contributed by atoms with Gasteiger partial charge < -0.3 is 67.5 Å². The molecule has 0 radical (unpaired) electrons. The van der Waals surface area contributed by atoms with Crippen molar-refractivity contribution in [1.82, 2.24) is 0 Å². The zero-order chi connectivity index (χ0) is 22.3. The lowest BCUT2D eigenvalue weighted by molar-refractivity contribution is -0.286. The minimum atomic E-state index is -5.98. The molecule has 1 aliphatic carbocycles. The van der Waals surface area contributed by atoms with Crippen LogP contribution in [0.1, 0.15) is 0 Å². The molecule has 0 aromatic rings. The summed E-state index contributed by atoms with van der Waals surface area (Å²) < 4.78 is 59.3. The van der Waals surface area contributed by atoms with Crippen molar-refractivity contribution in [3.8, 4) is 0 Å². The van der Waals surface area contributed by atoms with Crippen LogP contribution >= 0.6 is 31.3 Å². The van der Waals surface area contributed by atoms with Gasteiger partial charge in [0.05, 0.1) is 0 Å². The molecule has 6 N–H and O–H groups in total. The van der Waals surface area contributed by atoms with Crippen molar-refractivity contribution in [2.24, 2.45) is 0 Å². The highest BCUT2D eigenvalue weighted by molar-refractivity contribution is 7.45. The van der Waals surface area contributed by atoms with E-state index in [9.17, 15) is 48.0 Å². The van der Waals surface area contributed by atoms with Gasteiger partial charge >= 0.3 is 0 Å². The Hall–Kier alpha value is 0.360. The molecule has 1 rings (SSSR count). The van der Waals surface area contributed by atoms with Crippen molar-refractivity contribution < 1.29 is 85.7 Å². The van der Waals surface area contributed by atoms with Gasteiger partial charge in [0.15, 0.2) is 0 Å². The van der Waals surface area contributed by atoms with Crippen LogP contribution in [0.3, 0.4) is 0 Å². The fourth-order valence-corrected chi connectivity index (χ4v) is 4.45. The fourth-order valence-electron chi connectivity index (χ4n) is 2.25. The summed E-state index contributed by atoms with van der Waals surface area (Å²) in [5.41, 5.74) is 0. The van der Waals surface area contributed by atoms with Crippen LogP contribution in [0.15, 0.2) is 0 Å². The zero-order valence-electron chi connectivity index (χ0n) is 12.8. The molecule has 0 bridgehead atoms. The lowest BCUT2D eigenvalue weighted by atomic mass is 9.85. The highest BCUT2D eigenvalue weighted by atomic mass is 31.2. The van der Waals surface area contributed by atoms with Gasteiger partial charge in [0.1, 0.15) is 36.6 Å². The number of phosphoric acid groups is 4. The second-order valence-corrected chi connectivity index (χ2v) is 9.73. The van der Waals surface area contributed by atoms with Gasteiger partial charge in [-0.3, -0.25) is 18.3 Å². The first kappa shape index (κ1) is 26.4. The summed E-state index contributed by atoms with van der Waals surface area (Å²) in [5.74, 6) is 0. The first-order chi connectivity index (χ1) is 12.2. The van der Waals surface area contributed by atoms with Crippen molar-refractivity contribution >= 4 is 31.3 Å². The van der Waals surface area contributed by atoms with E-state index in [0.29, 0.717) is 0 Å². The van der Waals surface area contributed by atoms with Crippen LogP contribution < -0.4 is 19.6 Å². The summed E-state index contributed by atoms with van der Waals surface area (Å²) in [6.45, 7) is 0. The normalized spacial score (nSPS) is 39.9. The molecule has 1 fully saturated rings. The molecule has 1 aliphatic rings. The van der Waals surface area contributed by atoms with Crippen molar-refractivity contribution in [3.63, 3.8) is 0 Å². The Morgan fingerprint density at radius 1 is 0.500 bits per heavy atom. The van der Waals surface area contributed by atoms with E-state index in [-0.39, 0.29) is 0 Å². The van der Waals surface area contributed by atoms with Gasteiger partial charge in [0, 0.05) is 0 Å². The summed E-state index contributed by atoms with van der Waals surface area (Å²) in [7, 11) is -23.7. The molecular weight excluding hydrogens is 484 g/mol. The smallest absolute Gasteiger partial charge is 0.265 e. The Kier molecular flexibility index (Phi) is 8.34. The Balaban J connectivity index is 3.53. The minimum Gasteiger partial charge on any atom is -0.756 e. The third-order valence-electron chi connectivity index (χ3n) is 3.01. The molecule has 0 spiro atoms. The van der Waals surface area contributed by atoms with Crippen molar-refractivity contribution in [2.45, 2.75) is 36.6 Å². The van der Waals surface area contributed by atoms with E-state index in [4.69, 9.17) is 19.6 Å². The molecule has 22 heteroatoms. The quantitative estimate of drug-likeness (QED) is 0.170. The molecular formula is C6H12O18P4-4. The SMILES string of the molecule is O=P([O-])(O)OC1C(O)C(O)C(OP(=O)([O-])O)C(OP(=O)([O-])O)C1OP(=O)([O-])O. The Bertz CT molecular complexity index is 664. The van der Waals surface area contributed by atoms with E-state index in [1.54, 1.807) is 0 Å². The van der Waals surface area contributed by atoms with Crippen LogP contribution in [0.4, 0.5) is 0 Å². The number of aliphatic hydroxyl groups is 2. The average molecular weight is 496 g/mol. The van der Waals surface area contributed by atoms with Gasteiger partial charge in [0.2, 0.25) is 0 Å². The fraction of sp³-hybridized carbons (Fsp3) is 1.00. The van der Waals surface area contributed by atoms with E-state index in [2.05, 4.69) is 18.1 Å². The maximum Gasteiger partial charge on any atom is 0.265 e. The number of hydrogen-bond donors (Lipinski definition) is 6. The van der Waals surface area contributed by atoms with Crippen LogP contribution in [-0.2, 0) is 36.4 Å². The van der Waals surface area contributed by atoms with Gasteiger partial charge in [0.25, 0.3) is 31.3 Å². The Morgan fingerprint density at radius 2 is 0.679 bits per heavy atom. The highest BCUT2D eigenvalue weighted by Gasteiger charge is 2.56. The monoisotopic (exact) mass is 496 g/mol. The average Bonchev–Trinajstić information content (AvgIpc) is 2.39. The second kappa shape index (κ2) is 8.85. The number of hydrogen-bond acceptors (Lipinski definition) is 14. The molecule has 0 aromatic carbocycles. The molecule has 18 nitrogen and oxygen atoms in total. The molecule has 10 atom stereocenters. The van der Waals surface area contributed by atoms with Gasteiger partial charge in [-0.25, -0.2) is 0 Å². The number of phosphoric ester groups is 4. The van der Waals surface area contributed by atoms with Crippen LogP contribution in [0, 0.1) is 0 Å². The molecule has 0 saturated heterocycles. The van der Waals surface area contributed by atoms with Crippen LogP contribution in [0.2, 0.25) is 0 Å². The zero-order valence-corrected chi connectivity index (χ0v) is 16.4. The number of aliphatic hydroxyl groups excluding tert-OH is 2. The Labute approximate surface area is 154 Å². The maximum atomic E-state index is 11.0. The third kappa shape index (κ3) is 8.62. The van der Waals surface area contributed by atoms with Crippen molar-refractivity contribution in [1.29, 1.82) is 0 Å². The Morgan fingerprint density at radius 3 is 0.857 bits per heavy atom. The van der Waals surface area contributed by atoms with Gasteiger partial charge in [-0.2, -0.15) is 0 Å². The summed E-state index contributed by atoms with van der Waals surface area (Å²) in [4.78, 5) is 78.7.